The fourth-order valence-electron chi connectivity index (χ4n) is 1.86. The van der Waals surface area contributed by atoms with Crippen LogP contribution in [0.25, 0.3) is 0 Å². The molecule has 0 unspecified atom stereocenters. The van der Waals surface area contributed by atoms with E-state index in [-0.39, 0.29) is 12.2 Å². The Bertz CT molecular complexity index is 751. The van der Waals surface area contributed by atoms with Gasteiger partial charge in [0.1, 0.15) is 0 Å². The van der Waals surface area contributed by atoms with Crippen molar-refractivity contribution in [3.63, 3.8) is 0 Å². The molecule has 0 saturated carbocycles. The number of benzene rings is 2. The Kier molecular flexibility index (Phi) is 4.86. The lowest BCUT2D eigenvalue weighted by atomic mass is 10.2. The van der Waals surface area contributed by atoms with Crippen molar-refractivity contribution in [3.8, 4) is 6.07 Å². The molecule has 2 aromatic rings. The molecular weight excluding hydrogens is 307 g/mol. The third-order valence-corrected chi connectivity index (χ3v) is 2.92. The van der Waals surface area contributed by atoms with Gasteiger partial charge in [0.15, 0.2) is 0 Å². The summed E-state index contributed by atoms with van der Waals surface area (Å²) in [6.45, 7) is -0.196. The average molecular weight is 319 g/mol. The number of alkyl halides is 3. The van der Waals surface area contributed by atoms with Crippen molar-refractivity contribution in [2.24, 2.45) is 0 Å². The third-order valence-electron chi connectivity index (χ3n) is 2.92. The molecular formula is C16H12F3N3O. The second kappa shape index (κ2) is 6.83. The molecule has 0 saturated heterocycles. The molecule has 0 aliphatic rings. The van der Waals surface area contributed by atoms with Crippen LogP contribution in [0.5, 0.6) is 0 Å². The van der Waals surface area contributed by atoms with Crippen LogP contribution in [0.15, 0.2) is 48.5 Å². The van der Waals surface area contributed by atoms with E-state index >= 15 is 0 Å². The number of nitriles is 1. The monoisotopic (exact) mass is 319 g/mol. The Morgan fingerprint density at radius 1 is 1.09 bits per heavy atom. The standard InChI is InChI=1S/C16H12F3N3O/c17-16(18,19)12-4-2-5-13(8-12)21-10-15(23)22-14-6-1-3-11(7-14)9-20/h1-8,21H,10H2,(H,22,23). The van der Waals surface area contributed by atoms with Gasteiger partial charge in [-0.25, -0.2) is 0 Å². The van der Waals surface area contributed by atoms with E-state index in [4.69, 9.17) is 5.26 Å². The highest BCUT2D eigenvalue weighted by Crippen LogP contribution is 2.30. The number of amides is 1. The van der Waals surface area contributed by atoms with Gasteiger partial charge in [0, 0.05) is 11.4 Å². The topological polar surface area (TPSA) is 64.9 Å². The van der Waals surface area contributed by atoms with Gasteiger partial charge in [-0.15, -0.1) is 0 Å². The number of nitrogens with zero attached hydrogens (tertiary/aromatic N) is 1. The summed E-state index contributed by atoms with van der Waals surface area (Å²) < 4.78 is 37.8. The number of hydrogen-bond donors (Lipinski definition) is 2. The third kappa shape index (κ3) is 4.74. The van der Waals surface area contributed by atoms with E-state index in [1.165, 1.54) is 18.2 Å². The van der Waals surface area contributed by atoms with Crippen LogP contribution in [-0.2, 0) is 11.0 Å². The van der Waals surface area contributed by atoms with Gasteiger partial charge < -0.3 is 10.6 Å². The Hall–Kier alpha value is -3.01. The number of carbonyl (C=O) groups is 1. The lowest BCUT2D eigenvalue weighted by Crippen LogP contribution is -2.22. The van der Waals surface area contributed by atoms with Gasteiger partial charge in [0.2, 0.25) is 5.91 Å². The zero-order valence-electron chi connectivity index (χ0n) is 11.8. The lowest BCUT2D eigenvalue weighted by Gasteiger charge is -2.11. The summed E-state index contributed by atoms with van der Waals surface area (Å²) >= 11 is 0. The minimum absolute atomic E-state index is 0.195. The van der Waals surface area contributed by atoms with Gasteiger partial charge in [-0.1, -0.05) is 12.1 Å². The molecule has 4 nitrogen and oxygen atoms in total. The quantitative estimate of drug-likeness (QED) is 0.904. The normalized spacial score (nSPS) is 10.7. The first kappa shape index (κ1) is 16.4. The molecule has 0 heterocycles. The van der Waals surface area contributed by atoms with Gasteiger partial charge in [-0.05, 0) is 36.4 Å². The zero-order valence-corrected chi connectivity index (χ0v) is 11.8. The van der Waals surface area contributed by atoms with Crippen molar-refractivity contribution >= 4 is 17.3 Å². The van der Waals surface area contributed by atoms with Crippen LogP contribution in [0, 0.1) is 11.3 Å². The number of hydrogen-bond acceptors (Lipinski definition) is 3. The van der Waals surface area contributed by atoms with Crippen LogP contribution >= 0.6 is 0 Å². The summed E-state index contributed by atoms with van der Waals surface area (Å²) in [4.78, 5) is 11.8. The Morgan fingerprint density at radius 2 is 1.78 bits per heavy atom. The van der Waals surface area contributed by atoms with Crippen molar-refractivity contribution in [2.75, 3.05) is 17.2 Å². The molecule has 0 aromatic heterocycles. The number of halogens is 3. The van der Waals surface area contributed by atoms with E-state index in [0.29, 0.717) is 11.3 Å². The second-order valence-electron chi connectivity index (χ2n) is 4.67. The molecule has 0 radical (unpaired) electrons. The molecule has 0 atom stereocenters. The van der Waals surface area contributed by atoms with Gasteiger partial charge in [0.05, 0.1) is 23.7 Å². The number of rotatable bonds is 4. The molecule has 0 aliphatic heterocycles. The highest BCUT2D eigenvalue weighted by molar-refractivity contribution is 5.93. The van der Waals surface area contributed by atoms with Gasteiger partial charge in [-0.3, -0.25) is 4.79 Å². The number of carbonyl (C=O) groups excluding carboxylic acids is 1. The molecule has 0 aliphatic carbocycles. The van der Waals surface area contributed by atoms with Crippen LogP contribution < -0.4 is 10.6 Å². The van der Waals surface area contributed by atoms with Gasteiger partial charge >= 0.3 is 6.18 Å². The Morgan fingerprint density at radius 3 is 2.48 bits per heavy atom. The van der Waals surface area contributed by atoms with Crippen molar-refractivity contribution in [1.82, 2.24) is 0 Å². The van der Waals surface area contributed by atoms with Crippen LogP contribution in [0.2, 0.25) is 0 Å². The Labute approximate surface area is 130 Å². The largest absolute Gasteiger partial charge is 0.416 e. The molecule has 0 bridgehead atoms. The molecule has 1 amide bonds. The van der Waals surface area contributed by atoms with Crippen LogP contribution in [0.1, 0.15) is 11.1 Å². The summed E-state index contributed by atoms with van der Waals surface area (Å²) in [7, 11) is 0. The summed E-state index contributed by atoms with van der Waals surface area (Å²) in [5.74, 6) is -0.433. The molecule has 2 N–H and O–H groups in total. The van der Waals surface area contributed by atoms with E-state index in [1.54, 1.807) is 18.2 Å². The van der Waals surface area contributed by atoms with Crippen molar-refractivity contribution in [2.45, 2.75) is 6.18 Å². The van der Waals surface area contributed by atoms with E-state index in [1.807, 2.05) is 6.07 Å². The Balaban J connectivity index is 1.95. The lowest BCUT2D eigenvalue weighted by molar-refractivity contribution is -0.137. The van der Waals surface area contributed by atoms with Crippen LogP contribution in [-0.4, -0.2) is 12.5 Å². The predicted octanol–water partition coefficient (Wildman–Crippen LogP) is 3.63. The predicted molar refractivity (Wildman–Crippen MR) is 79.7 cm³/mol. The van der Waals surface area contributed by atoms with Crippen molar-refractivity contribution in [3.05, 3.63) is 59.7 Å². The molecule has 7 heteroatoms. The van der Waals surface area contributed by atoms with Crippen molar-refractivity contribution in [1.29, 1.82) is 5.26 Å². The highest BCUT2D eigenvalue weighted by Gasteiger charge is 2.30. The van der Waals surface area contributed by atoms with E-state index in [2.05, 4.69) is 10.6 Å². The first-order valence-corrected chi connectivity index (χ1v) is 6.59. The summed E-state index contributed by atoms with van der Waals surface area (Å²) in [5, 5.41) is 14.0. The molecule has 0 fully saturated rings. The smallest absolute Gasteiger partial charge is 0.376 e. The molecule has 2 aromatic carbocycles. The summed E-state index contributed by atoms with van der Waals surface area (Å²) in [6.07, 6.45) is -4.43. The first-order valence-electron chi connectivity index (χ1n) is 6.59. The van der Waals surface area contributed by atoms with Crippen LogP contribution in [0.4, 0.5) is 24.5 Å². The maximum atomic E-state index is 12.6. The zero-order chi connectivity index (χ0) is 16.9. The minimum Gasteiger partial charge on any atom is -0.376 e. The number of anilines is 2. The average Bonchev–Trinajstić information content (AvgIpc) is 2.52. The summed E-state index contributed by atoms with van der Waals surface area (Å²) in [5.41, 5.74) is 0.249. The molecule has 0 spiro atoms. The van der Waals surface area contributed by atoms with E-state index < -0.39 is 17.6 Å². The van der Waals surface area contributed by atoms with E-state index in [9.17, 15) is 18.0 Å². The molecule has 23 heavy (non-hydrogen) atoms. The molecule has 2 rings (SSSR count). The maximum absolute atomic E-state index is 12.6. The van der Waals surface area contributed by atoms with Gasteiger partial charge in [0.25, 0.3) is 0 Å². The first-order chi connectivity index (χ1) is 10.9. The summed E-state index contributed by atoms with van der Waals surface area (Å²) in [6, 6.07) is 12.9. The van der Waals surface area contributed by atoms with Gasteiger partial charge in [-0.2, -0.15) is 18.4 Å². The maximum Gasteiger partial charge on any atom is 0.416 e. The number of nitrogens with one attached hydrogen (secondary N) is 2. The van der Waals surface area contributed by atoms with Crippen molar-refractivity contribution < 1.29 is 18.0 Å². The van der Waals surface area contributed by atoms with E-state index in [0.717, 1.165) is 12.1 Å². The second-order valence-corrected chi connectivity index (χ2v) is 4.67. The fraction of sp³-hybridized carbons (Fsp3) is 0.125. The SMILES string of the molecule is N#Cc1cccc(NC(=O)CNc2cccc(C(F)(F)F)c2)c1. The fourth-order valence-corrected chi connectivity index (χ4v) is 1.86. The van der Waals surface area contributed by atoms with Crippen LogP contribution in [0.3, 0.4) is 0 Å². The highest BCUT2D eigenvalue weighted by atomic mass is 19.4. The molecule has 118 valence electrons. The minimum atomic E-state index is -4.43.